The van der Waals surface area contributed by atoms with E-state index in [4.69, 9.17) is 4.52 Å². The molecule has 1 aromatic carbocycles. The van der Waals surface area contributed by atoms with Gasteiger partial charge in [-0.2, -0.15) is 9.29 Å². The Kier molecular flexibility index (Phi) is 4.13. The van der Waals surface area contributed by atoms with Gasteiger partial charge in [-0.25, -0.2) is 8.42 Å². The summed E-state index contributed by atoms with van der Waals surface area (Å²) in [4.78, 5) is 4.47. The standard InChI is InChI=1S/C17H22N4O3S/c1-13-19-16(20-24-13)14-4-2-5-15(10-14)25(22,23)21-9-3-6-17(12-21)7-8-18-11-17/h2,4-5,10,18H,3,6-9,11-12H2,1H3. The Hall–Kier alpha value is -1.77. The quantitative estimate of drug-likeness (QED) is 0.896. The molecule has 1 N–H and O–H groups in total. The zero-order valence-corrected chi connectivity index (χ0v) is 15.1. The molecule has 25 heavy (non-hydrogen) atoms. The number of nitrogens with zero attached hydrogens (tertiary/aromatic N) is 3. The van der Waals surface area contributed by atoms with Crippen molar-refractivity contribution in [1.82, 2.24) is 19.8 Å². The minimum Gasteiger partial charge on any atom is -0.339 e. The number of hydrogen-bond acceptors (Lipinski definition) is 6. The lowest BCUT2D eigenvalue weighted by Gasteiger charge is -2.39. The van der Waals surface area contributed by atoms with Crippen LogP contribution in [-0.2, 0) is 10.0 Å². The first kappa shape index (κ1) is 16.7. The second-order valence-corrected chi connectivity index (χ2v) is 8.97. The van der Waals surface area contributed by atoms with Crippen molar-refractivity contribution >= 4 is 10.0 Å². The van der Waals surface area contributed by atoms with Crippen molar-refractivity contribution in [2.45, 2.75) is 31.1 Å². The second kappa shape index (κ2) is 6.19. The van der Waals surface area contributed by atoms with E-state index in [1.54, 1.807) is 35.5 Å². The maximum Gasteiger partial charge on any atom is 0.243 e. The minimum atomic E-state index is -3.53. The molecular formula is C17H22N4O3S. The molecule has 2 aliphatic heterocycles. The van der Waals surface area contributed by atoms with Crippen molar-refractivity contribution in [3.8, 4) is 11.4 Å². The van der Waals surface area contributed by atoms with Gasteiger partial charge in [-0.05, 0) is 43.4 Å². The third-order valence-electron chi connectivity index (χ3n) is 5.22. The molecule has 0 aliphatic carbocycles. The molecule has 2 saturated heterocycles. The number of benzene rings is 1. The number of aryl methyl sites for hydroxylation is 1. The number of hydrogen-bond donors (Lipinski definition) is 1. The van der Waals surface area contributed by atoms with Crippen LogP contribution in [0.25, 0.3) is 11.4 Å². The van der Waals surface area contributed by atoms with Gasteiger partial charge in [0.2, 0.25) is 21.7 Å². The van der Waals surface area contributed by atoms with E-state index in [2.05, 4.69) is 15.5 Å². The maximum atomic E-state index is 13.2. The number of piperidine rings is 1. The first-order chi connectivity index (χ1) is 12.0. The zero-order chi connectivity index (χ0) is 17.5. The molecule has 1 spiro atoms. The first-order valence-electron chi connectivity index (χ1n) is 8.60. The topological polar surface area (TPSA) is 88.3 Å². The molecule has 4 rings (SSSR count). The van der Waals surface area contributed by atoms with Gasteiger partial charge in [0, 0.05) is 32.1 Å². The van der Waals surface area contributed by atoms with Crippen LogP contribution >= 0.6 is 0 Å². The summed E-state index contributed by atoms with van der Waals surface area (Å²) in [5, 5.41) is 7.26. The summed E-state index contributed by atoms with van der Waals surface area (Å²) in [5.41, 5.74) is 0.737. The van der Waals surface area contributed by atoms with Crippen LogP contribution in [0.2, 0.25) is 0 Å². The summed E-state index contributed by atoms with van der Waals surface area (Å²) < 4.78 is 33.0. The van der Waals surface area contributed by atoms with Gasteiger partial charge >= 0.3 is 0 Å². The molecule has 2 aliphatic rings. The number of sulfonamides is 1. The Labute approximate surface area is 147 Å². The van der Waals surface area contributed by atoms with Crippen molar-refractivity contribution in [1.29, 1.82) is 0 Å². The van der Waals surface area contributed by atoms with Crippen molar-refractivity contribution < 1.29 is 12.9 Å². The molecule has 3 heterocycles. The molecule has 1 aromatic heterocycles. The Balaban J connectivity index is 1.64. The van der Waals surface area contributed by atoms with Gasteiger partial charge in [0.15, 0.2) is 0 Å². The smallest absolute Gasteiger partial charge is 0.243 e. The van der Waals surface area contributed by atoms with Crippen LogP contribution in [0.1, 0.15) is 25.2 Å². The average Bonchev–Trinajstić information content (AvgIpc) is 3.24. The predicted molar refractivity (Wildman–Crippen MR) is 92.4 cm³/mol. The number of aromatic nitrogens is 2. The van der Waals surface area contributed by atoms with E-state index < -0.39 is 10.0 Å². The molecule has 2 aromatic rings. The summed E-state index contributed by atoms with van der Waals surface area (Å²) in [6.07, 6.45) is 3.04. The molecule has 1 atom stereocenters. The van der Waals surface area contributed by atoms with E-state index in [0.717, 1.165) is 32.4 Å². The monoisotopic (exact) mass is 362 g/mol. The summed E-state index contributed by atoms with van der Waals surface area (Å²) >= 11 is 0. The van der Waals surface area contributed by atoms with Crippen molar-refractivity contribution in [3.05, 3.63) is 30.2 Å². The fourth-order valence-corrected chi connectivity index (χ4v) is 5.51. The highest BCUT2D eigenvalue weighted by Gasteiger charge is 2.41. The molecule has 8 heteroatoms. The van der Waals surface area contributed by atoms with Crippen LogP contribution in [0.5, 0.6) is 0 Å². The fraction of sp³-hybridized carbons (Fsp3) is 0.529. The average molecular weight is 362 g/mol. The SMILES string of the molecule is Cc1nc(-c2cccc(S(=O)(=O)N3CCCC4(CCNC4)C3)c2)no1. The fourth-order valence-electron chi connectivity index (χ4n) is 3.87. The van der Waals surface area contributed by atoms with Gasteiger partial charge < -0.3 is 9.84 Å². The molecule has 7 nitrogen and oxygen atoms in total. The van der Waals surface area contributed by atoms with E-state index in [0.29, 0.717) is 30.4 Å². The van der Waals surface area contributed by atoms with Crippen molar-refractivity contribution in [2.75, 3.05) is 26.2 Å². The van der Waals surface area contributed by atoms with Gasteiger partial charge in [0.05, 0.1) is 4.90 Å². The van der Waals surface area contributed by atoms with E-state index >= 15 is 0 Å². The van der Waals surface area contributed by atoms with Crippen LogP contribution in [0.3, 0.4) is 0 Å². The Morgan fingerprint density at radius 1 is 1.32 bits per heavy atom. The number of nitrogens with one attached hydrogen (secondary N) is 1. The van der Waals surface area contributed by atoms with Crippen LogP contribution in [0, 0.1) is 12.3 Å². The maximum absolute atomic E-state index is 13.2. The summed E-state index contributed by atoms with van der Waals surface area (Å²) in [6, 6.07) is 6.79. The summed E-state index contributed by atoms with van der Waals surface area (Å²) in [7, 11) is -3.53. The molecule has 0 bridgehead atoms. The predicted octanol–water partition coefficient (Wildman–Crippen LogP) is 1.81. The van der Waals surface area contributed by atoms with E-state index in [1.807, 2.05) is 0 Å². The first-order valence-corrected chi connectivity index (χ1v) is 10.0. The van der Waals surface area contributed by atoms with Crippen LogP contribution in [0.4, 0.5) is 0 Å². The molecular weight excluding hydrogens is 340 g/mol. The molecule has 134 valence electrons. The van der Waals surface area contributed by atoms with E-state index in [-0.39, 0.29) is 10.3 Å². The highest BCUT2D eigenvalue weighted by atomic mass is 32.2. The van der Waals surface area contributed by atoms with Gasteiger partial charge in [0.25, 0.3) is 0 Å². The molecule has 2 fully saturated rings. The Morgan fingerprint density at radius 3 is 2.92 bits per heavy atom. The number of rotatable bonds is 3. The van der Waals surface area contributed by atoms with E-state index in [9.17, 15) is 8.42 Å². The zero-order valence-electron chi connectivity index (χ0n) is 14.2. The lowest BCUT2D eigenvalue weighted by Crippen LogP contribution is -2.47. The lowest BCUT2D eigenvalue weighted by molar-refractivity contribution is 0.166. The van der Waals surface area contributed by atoms with E-state index in [1.165, 1.54) is 0 Å². The molecule has 1 unspecified atom stereocenters. The van der Waals surface area contributed by atoms with Crippen molar-refractivity contribution in [3.63, 3.8) is 0 Å². The summed E-state index contributed by atoms with van der Waals surface area (Å²) in [6.45, 7) is 4.76. The van der Waals surface area contributed by atoms with Crippen LogP contribution in [0.15, 0.2) is 33.7 Å². The normalized spacial score (nSPS) is 24.8. The second-order valence-electron chi connectivity index (χ2n) is 7.03. The van der Waals surface area contributed by atoms with Gasteiger partial charge in [-0.1, -0.05) is 17.3 Å². The lowest BCUT2D eigenvalue weighted by atomic mass is 9.80. The van der Waals surface area contributed by atoms with Gasteiger partial charge in [-0.15, -0.1) is 0 Å². The largest absolute Gasteiger partial charge is 0.339 e. The molecule has 0 radical (unpaired) electrons. The highest BCUT2D eigenvalue weighted by molar-refractivity contribution is 7.89. The third kappa shape index (κ3) is 3.09. The van der Waals surface area contributed by atoms with Crippen LogP contribution < -0.4 is 5.32 Å². The van der Waals surface area contributed by atoms with Gasteiger partial charge in [0.1, 0.15) is 0 Å². The highest BCUT2D eigenvalue weighted by Crippen LogP contribution is 2.37. The van der Waals surface area contributed by atoms with Gasteiger partial charge in [-0.3, -0.25) is 0 Å². The molecule has 0 saturated carbocycles. The summed E-state index contributed by atoms with van der Waals surface area (Å²) in [5.74, 6) is 0.861. The third-order valence-corrected chi connectivity index (χ3v) is 7.06. The Bertz CT molecular complexity index is 872. The Morgan fingerprint density at radius 2 is 2.20 bits per heavy atom. The van der Waals surface area contributed by atoms with Crippen molar-refractivity contribution in [2.24, 2.45) is 5.41 Å². The van der Waals surface area contributed by atoms with Crippen LogP contribution in [-0.4, -0.2) is 49.0 Å². The minimum absolute atomic E-state index is 0.0910. The molecule has 0 amide bonds.